The molecular weight excluding hydrogens is 763 g/mol. The van der Waals surface area contributed by atoms with Gasteiger partial charge in [0.05, 0.1) is 11.0 Å². The highest BCUT2D eigenvalue weighted by molar-refractivity contribution is 6.13. The van der Waals surface area contributed by atoms with Gasteiger partial charge in [0.15, 0.2) is 0 Å². The highest BCUT2D eigenvalue weighted by atomic mass is 15.1. The molecule has 0 aliphatic heterocycles. The van der Waals surface area contributed by atoms with Crippen LogP contribution in [0.15, 0.2) is 212 Å². The van der Waals surface area contributed by atoms with Crippen molar-refractivity contribution in [2.24, 2.45) is 0 Å². The topological polar surface area (TPSA) is 11.4 Å². The van der Waals surface area contributed by atoms with Gasteiger partial charge >= 0.3 is 0 Å². The van der Waals surface area contributed by atoms with Crippen LogP contribution in [0.3, 0.4) is 0 Å². The molecule has 2 aliphatic carbocycles. The van der Waals surface area contributed by atoms with Crippen molar-refractivity contribution in [3.05, 3.63) is 235 Å². The second kappa shape index (κ2) is 14.0. The van der Waals surface area contributed by atoms with Crippen LogP contribution in [0.25, 0.3) is 49.7 Å². The SMILES string of the molecule is CC1(C)c2ccccc2-c2ccc(N(c3ccccc3)c3ccc4c(c3)c3cc5c(cc3n4-c3ccc(N(c4ccccc4)c4ccccc4)cc3)C(C)(C)c3ccccc3-5)cc21. The molecule has 3 heteroatoms. The molecule has 10 aromatic rings. The van der Waals surface area contributed by atoms with Crippen LogP contribution < -0.4 is 9.80 Å². The van der Waals surface area contributed by atoms with Crippen molar-refractivity contribution in [2.75, 3.05) is 9.80 Å². The first kappa shape index (κ1) is 37.2. The third-order valence-corrected chi connectivity index (χ3v) is 13.9. The van der Waals surface area contributed by atoms with Gasteiger partial charge in [0.1, 0.15) is 0 Å². The summed E-state index contributed by atoms with van der Waals surface area (Å²) in [7, 11) is 0. The lowest BCUT2D eigenvalue weighted by atomic mass is 9.82. The maximum absolute atomic E-state index is 2.48. The van der Waals surface area contributed by atoms with E-state index in [9.17, 15) is 0 Å². The predicted octanol–water partition coefficient (Wildman–Crippen LogP) is 16.3. The van der Waals surface area contributed by atoms with Crippen LogP contribution in [0, 0.1) is 0 Å². The minimum Gasteiger partial charge on any atom is -0.311 e. The third-order valence-electron chi connectivity index (χ3n) is 13.9. The van der Waals surface area contributed by atoms with Gasteiger partial charge < -0.3 is 14.4 Å². The van der Waals surface area contributed by atoms with Crippen LogP contribution in [-0.2, 0) is 10.8 Å². The highest BCUT2D eigenvalue weighted by Gasteiger charge is 2.37. The van der Waals surface area contributed by atoms with E-state index in [4.69, 9.17) is 0 Å². The summed E-state index contributed by atoms with van der Waals surface area (Å²) in [5.74, 6) is 0. The Morgan fingerprint density at radius 3 is 1.30 bits per heavy atom. The van der Waals surface area contributed by atoms with Gasteiger partial charge in [-0.25, -0.2) is 0 Å². The second-order valence-corrected chi connectivity index (χ2v) is 18.2. The Morgan fingerprint density at radius 2 is 0.714 bits per heavy atom. The van der Waals surface area contributed by atoms with E-state index in [-0.39, 0.29) is 10.8 Å². The zero-order chi connectivity index (χ0) is 42.5. The van der Waals surface area contributed by atoms with Crippen molar-refractivity contribution < 1.29 is 0 Å². The molecular formula is C60H47N3. The fourth-order valence-corrected chi connectivity index (χ4v) is 10.8. The van der Waals surface area contributed by atoms with Gasteiger partial charge in [-0.05, 0) is 148 Å². The number of nitrogens with zero attached hydrogens (tertiary/aromatic N) is 3. The Balaban J connectivity index is 1.06. The first-order valence-electron chi connectivity index (χ1n) is 22.1. The van der Waals surface area contributed by atoms with E-state index in [1.165, 1.54) is 66.3 Å². The van der Waals surface area contributed by atoms with E-state index >= 15 is 0 Å². The van der Waals surface area contributed by atoms with Crippen LogP contribution in [0.5, 0.6) is 0 Å². The zero-order valence-electron chi connectivity index (χ0n) is 36.0. The Hall–Kier alpha value is -7.62. The maximum Gasteiger partial charge on any atom is 0.0544 e. The number of hydrogen-bond acceptors (Lipinski definition) is 2. The molecule has 63 heavy (non-hydrogen) atoms. The molecule has 0 fully saturated rings. The van der Waals surface area contributed by atoms with Crippen LogP contribution in [0.2, 0.25) is 0 Å². The van der Waals surface area contributed by atoms with Gasteiger partial charge in [-0.1, -0.05) is 137 Å². The number of anilines is 6. The van der Waals surface area contributed by atoms with Crippen molar-refractivity contribution >= 4 is 55.9 Å². The van der Waals surface area contributed by atoms with Gasteiger partial charge in [0.2, 0.25) is 0 Å². The van der Waals surface area contributed by atoms with Gasteiger partial charge in [-0.15, -0.1) is 0 Å². The molecule has 12 rings (SSSR count). The Kier molecular flexibility index (Phi) is 8.23. The van der Waals surface area contributed by atoms with Crippen molar-refractivity contribution in [1.29, 1.82) is 0 Å². The summed E-state index contributed by atoms with van der Waals surface area (Å²) >= 11 is 0. The van der Waals surface area contributed by atoms with E-state index < -0.39 is 0 Å². The highest BCUT2D eigenvalue weighted by Crippen LogP contribution is 2.53. The molecule has 0 spiro atoms. The second-order valence-electron chi connectivity index (χ2n) is 18.2. The standard InChI is InChI=1S/C60H47N3/c1-59(2)53-26-16-14-24-47(53)49-34-32-46(37-55(49)59)62(42-22-12-7-13-23-42)45-33-35-57-51(36-45)52-38-50-48-25-15-17-27-54(48)60(3,4)56(50)39-58(52)63(57)44-30-28-43(29-31-44)61(40-18-8-5-9-19-40)41-20-10-6-11-21-41/h5-39H,1-4H3. The summed E-state index contributed by atoms with van der Waals surface area (Å²) < 4.78 is 2.48. The number of rotatable bonds is 7. The summed E-state index contributed by atoms with van der Waals surface area (Å²) in [4.78, 5) is 4.76. The molecule has 0 saturated carbocycles. The van der Waals surface area contributed by atoms with E-state index in [0.29, 0.717) is 0 Å². The molecule has 3 nitrogen and oxygen atoms in total. The van der Waals surface area contributed by atoms with Crippen molar-refractivity contribution in [1.82, 2.24) is 4.57 Å². The Morgan fingerprint density at radius 1 is 0.302 bits per heavy atom. The molecule has 1 heterocycles. The average molecular weight is 810 g/mol. The molecule has 9 aromatic carbocycles. The summed E-state index contributed by atoms with van der Waals surface area (Å²) in [5, 5.41) is 2.47. The van der Waals surface area contributed by atoms with Crippen molar-refractivity contribution in [3.63, 3.8) is 0 Å². The molecule has 0 saturated heterocycles. The summed E-state index contributed by atoms with van der Waals surface area (Å²) in [6.07, 6.45) is 0. The maximum atomic E-state index is 2.48. The van der Waals surface area contributed by atoms with Crippen molar-refractivity contribution in [2.45, 2.75) is 38.5 Å². The first-order chi connectivity index (χ1) is 30.8. The Bertz CT molecular complexity index is 3340. The summed E-state index contributed by atoms with van der Waals surface area (Å²) in [6, 6.07) is 78.2. The lowest BCUT2D eigenvalue weighted by molar-refractivity contribution is 0.660. The lowest BCUT2D eigenvalue weighted by Crippen LogP contribution is -2.16. The molecule has 302 valence electrons. The molecule has 1 aromatic heterocycles. The largest absolute Gasteiger partial charge is 0.311 e. The summed E-state index contributed by atoms with van der Waals surface area (Å²) in [6.45, 7) is 9.47. The first-order valence-corrected chi connectivity index (χ1v) is 22.1. The normalized spacial score (nSPS) is 14.0. The van der Waals surface area contributed by atoms with Crippen molar-refractivity contribution in [3.8, 4) is 27.9 Å². The predicted molar refractivity (Wildman–Crippen MR) is 265 cm³/mol. The van der Waals surface area contributed by atoms with Crippen LogP contribution in [0.4, 0.5) is 34.1 Å². The minimum atomic E-state index is -0.132. The van der Waals surface area contributed by atoms with E-state index in [1.54, 1.807) is 0 Å². The number of hydrogen-bond donors (Lipinski definition) is 0. The molecule has 0 amide bonds. The molecule has 0 bridgehead atoms. The van der Waals surface area contributed by atoms with Gasteiger partial charge in [-0.2, -0.15) is 0 Å². The monoisotopic (exact) mass is 809 g/mol. The van der Waals surface area contributed by atoms with E-state index in [0.717, 1.165) is 39.8 Å². The molecule has 0 unspecified atom stereocenters. The number of aromatic nitrogens is 1. The van der Waals surface area contributed by atoms with Gasteiger partial charge in [0, 0.05) is 61.4 Å². The average Bonchev–Trinajstić information content (AvgIpc) is 3.86. The molecule has 2 aliphatic rings. The molecule has 0 N–H and O–H groups in total. The lowest BCUT2D eigenvalue weighted by Gasteiger charge is -2.28. The molecule has 0 radical (unpaired) electrons. The number of para-hydroxylation sites is 3. The minimum absolute atomic E-state index is 0.110. The van der Waals surface area contributed by atoms with E-state index in [1.807, 2.05) is 0 Å². The molecule has 0 atom stereocenters. The Labute approximate surface area is 369 Å². The van der Waals surface area contributed by atoms with Crippen LogP contribution in [-0.4, -0.2) is 4.57 Å². The zero-order valence-corrected chi connectivity index (χ0v) is 36.0. The smallest absolute Gasteiger partial charge is 0.0544 e. The summed E-state index contributed by atoms with van der Waals surface area (Å²) in [5.41, 5.74) is 20.8. The number of fused-ring (bicyclic) bond motifs is 9. The fraction of sp³-hybridized carbons (Fsp3) is 0.100. The van der Waals surface area contributed by atoms with Gasteiger partial charge in [0.25, 0.3) is 0 Å². The van der Waals surface area contributed by atoms with Gasteiger partial charge in [-0.3, -0.25) is 0 Å². The van der Waals surface area contributed by atoms with Crippen LogP contribution >= 0.6 is 0 Å². The van der Waals surface area contributed by atoms with E-state index in [2.05, 4.69) is 254 Å². The fourth-order valence-electron chi connectivity index (χ4n) is 10.8. The third kappa shape index (κ3) is 5.66. The van der Waals surface area contributed by atoms with Crippen LogP contribution in [0.1, 0.15) is 49.9 Å². The number of benzene rings is 9. The quantitative estimate of drug-likeness (QED) is 0.159.